The van der Waals surface area contributed by atoms with E-state index in [4.69, 9.17) is 9.78 Å². The maximum Gasteiger partial charge on any atom is 0.171 e. The molecule has 0 saturated heterocycles. The lowest BCUT2D eigenvalue weighted by molar-refractivity contribution is -0.305. The van der Waals surface area contributed by atoms with Gasteiger partial charge in [-0.3, -0.25) is 0 Å². The summed E-state index contributed by atoms with van der Waals surface area (Å²) in [7, 11) is 0. The largest absolute Gasteiger partial charge is 0.550 e. The van der Waals surface area contributed by atoms with E-state index in [0.29, 0.717) is 18.8 Å². The van der Waals surface area contributed by atoms with Crippen LogP contribution in [-0.2, 0) is 22.7 Å². The van der Waals surface area contributed by atoms with Crippen molar-refractivity contribution in [2.45, 2.75) is 19.4 Å². The number of carboxylic acids is 1. The first-order valence-corrected chi connectivity index (χ1v) is 4.37. The number of hydrogen-bond acceptors (Lipinski definition) is 4. The number of benzene rings is 1. The quantitative estimate of drug-likeness (QED) is 0.643. The molecule has 0 fully saturated rings. The number of aryl methyl sites for hydroxylation is 1. The molecule has 1 aliphatic rings. The standard InChI is InChI=1S/C10H10O4/c11-10(12)4-2-7-1-3-9-8(5-7)6-13-14-9/h1,3,5H,2,4,6H2,(H,11,12)/p-1. The molecular weight excluding hydrogens is 184 g/mol. The number of carbonyl (C=O) groups is 1. The second kappa shape index (κ2) is 3.67. The topological polar surface area (TPSA) is 58.6 Å². The maximum absolute atomic E-state index is 10.2. The van der Waals surface area contributed by atoms with Crippen molar-refractivity contribution in [3.8, 4) is 5.75 Å². The second-order valence-electron chi connectivity index (χ2n) is 3.16. The summed E-state index contributed by atoms with van der Waals surface area (Å²) < 4.78 is 0. The fourth-order valence-corrected chi connectivity index (χ4v) is 1.39. The number of hydrogen-bond donors (Lipinski definition) is 0. The maximum atomic E-state index is 10.2. The zero-order valence-corrected chi connectivity index (χ0v) is 7.49. The SMILES string of the molecule is O=C([O-])CCc1ccc2c(c1)COO2. The minimum atomic E-state index is -1.03. The highest BCUT2D eigenvalue weighted by Crippen LogP contribution is 2.26. The summed E-state index contributed by atoms with van der Waals surface area (Å²) >= 11 is 0. The molecule has 1 aromatic carbocycles. The third-order valence-electron chi connectivity index (χ3n) is 2.11. The van der Waals surface area contributed by atoms with Crippen molar-refractivity contribution >= 4 is 5.97 Å². The van der Waals surface area contributed by atoms with E-state index >= 15 is 0 Å². The highest BCUT2D eigenvalue weighted by molar-refractivity contribution is 5.64. The van der Waals surface area contributed by atoms with Gasteiger partial charge in [-0.15, -0.1) is 0 Å². The molecule has 0 aromatic heterocycles. The van der Waals surface area contributed by atoms with Gasteiger partial charge in [0.15, 0.2) is 5.75 Å². The van der Waals surface area contributed by atoms with Gasteiger partial charge < -0.3 is 14.8 Å². The van der Waals surface area contributed by atoms with Gasteiger partial charge in [0.05, 0.1) is 0 Å². The molecule has 0 bridgehead atoms. The van der Waals surface area contributed by atoms with E-state index in [1.54, 1.807) is 6.07 Å². The van der Waals surface area contributed by atoms with Gasteiger partial charge in [0.2, 0.25) is 0 Å². The van der Waals surface area contributed by atoms with Gasteiger partial charge >= 0.3 is 0 Å². The predicted octanol–water partition coefficient (Wildman–Crippen LogP) is 0.193. The average molecular weight is 193 g/mol. The van der Waals surface area contributed by atoms with Crippen LogP contribution in [0.2, 0.25) is 0 Å². The minimum Gasteiger partial charge on any atom is -0.550 e. The molecule has 14 heavy (non-hydrogen) atoms. The number of carbonyl (C=O) groups excluding carboxylic acids is 1. The normalized spacial score (nSPS) is 13.4. The van der Waals surface area contributed by atoms with Crippen LogP contribution < -0.4 is 9.99 Å². The van der Waals surface area contributed by atoms with Crippen LogP contribution in [0, 0.1) is 0 Å². The number of rotatable bonds is 3. The van der Waals surface area contributed by atoms with Crippen molar-refractivity contribution in [1.82, 2.24) is 0 Å². The Morgan fingerprint density at radius 3 is 3.14 bits per heavy atom. The molecule has 4 nitrogen and oxygen atoms in total. The third-order valence-corrected chi connectivity index (χ3v) is 2.11. The monoisotopic (exact) mass is 193 g/mol. The summed E-state index contributed by atoms with van der Waals surface area (Å²) in [6, 6.07) is 5.51. The van der Waals surface area contributed by atoms with Crippen molar-refractivity contribution in [3.05, 3.63) is 29.3 Å². The Morgan fingerprint density at radius 1 is 1.50 bits per heavy atom. The van der Waals surface area contributed by atoms with Crippen LogP contribution in [0.5, 0.6) is 5.75 Å². The van der Waals surface area contributed by atoms with Crippen LogP contribution in [0.25, 0.3) is 0 Å². The molecule has 74 valence electrons. The van der Waals surface area contributed by atoms with Crippen molar-refractivity contribution in [3.63, 3.8) is 0 Å². The van der Waals surface area contributed by atoms with Gasteiger partial charge in [-0.05, 0) is 30.5 Å². The molecule has 0 aliphatic carbocycles. The minimum absolute atomic E-state index is 0.0422. The van der Waals surface area contributed by atoms with Crippen molar-refractivity contribution in [1.29, 1.82) is 0 Å². The van der Waals surface area contributed by atoms with E-state index in [2.05, 4.69) is 0 Å². The molecule has 1 aliphatic heterocycles. The summed E-state index contributed by atoms with van der Waals surface area (Å²) in [5.74, 6) is -0.319. The Bertz CT molecular complexity index is 359. The summed E-state index contributed by atoms with van der Waals surface area (Å²) in [4.78, 5) is 19.9. The molecule has 2 rings (SSSR count). The van der Waals surface area contributed by atoms with Gasteiger partial charge in [0, 0.05) is 11.5 Å². The van der Waals surface area contributed by atoms with Gasteiger partial charge in [-0.2, -0.15) is 4.89 Å². The molecule has 0 N–H and O–H groups in total. The number of fused-ring (bicyclic) bond motifs is 1. The van der Waals surface area contributed by atoms with Crippen LogP contribution in [0.4, 0.5) is 0 Å². The smallest absolute Gasteiger partial charge is 0.171 e. The van der Waals surface area contributed by atoms with E-state index in [9.17, 15) is 9.90 Å². The zero-order valence-electron chi connectivity index (χ0n) is 7.49. The van der Waals surface area contributed by atoms with Gasteiger partial charge in [0.25, 0.3) is 0 Å². The van der Waals surface area contributed by atoms with E-state index in [0.717, 1.165) is 11.1 Å². The second-order valence-corrected chi connectivity index (χ2v) is 3.16. The van der Waals surface area contributed by atoms with Gasteiger partial charge in [-0.1, -0.05) is 6.07 Å². The zero-order chi connectivity index (χ0) is 9.97. The van der Waals surface area contributed by atoms with Crippen LogP contribution >= 0.6 is 0 Å². The molecule has 0 radical (unpaired) electrons. The van der Waals surface area contributed by atoms with Gasteiger partial charge in [0.1, 0.15) is 6.61 Å². The molecule has 1 aromatic rings. The summed E-state index contributed by atoms with van der Waals surface area (Å²) in [5.41, 5.74) is 1.92. The fraction of sp³-hybridized carbons (Fsp3) is 0.300. The van der Waals surface area contributed by atoms with Gasteiger partial charge in [-0.25, -0.2) is 0 Å². The Hall–Kier alpha value is -1.55. The molecule has 0 amide bonds. The summed E-state index contributed by atoms with van der Waals surface area (Å²) in [5, 5.41) is 10.2. The first kappa shape index (κ1) is 9.02. The van der Waals surface area contributed by atoms with E-state index < -0.39 is 5.97 Å². The van der Waals surface area contributed by atoms with Crippen LogP contribution in [0.3, 0.4) is 0 Å². The molecular formula is C10H9O4-. The molecule has 0 saturated carbocycles. The summed E-state index contributed by atoms with van der Waals surface area (Å²) in [6.45, 7) is 0.425. The first-order valence-electron chi connectivity index (χ1n) is 4.37. The highest BCUT2D eigenvalue weighted by Gasteiger charge is 2.13. The average Bonchev–Trinajstić information content (AvgIpc) is 2.61. The number of carboxylic acid groups (broad SMARTS) is 1. The van der Waals surface area contributed by atoms with Crippen LogP contribution in [0.15, 0.2) is 18.2 Å². The van der Waals surface area contributed by atoms with E-state index in [-0.39, 0.29) is 6.42 Å². The highest BCUT2D eigenvalue weighted by atomic mass is 17.2. The molecule has 0 atom stereocenters. The predicted molar refractivity (Wildman–Crippen MR) is 45.2 cm³/mol. The molecule has 0 spiro atoms. The molecule has 4 heteroatoms. The Kier molecular flexibility index (Phi) is 2.37. The lowest BCUT2D eigenvalue weighted by Crippen LogP contribution is -2.22. The van der Waals surface area contributed by atoms with Crippen molar-refractivity contribution in [2.24, 2.45) is 0 Å². The third kappa shape index (κ3) is 1.85. The van der Waals surface area contributed by atoms with Crippen LogP contribution in [0.1, 0.15) is 17.5 Å². The van der Waals surface area contributed by atoms with Crippen molar-refractivity contribution < 1.29 is 19.7 Å². The summed E-state index contributed by atoms with van der Waals surface area (Å²) in [6.07, 6.45) is 0.524. The lowest BCUT2D eigenvalue weighted by Gasteiger charge is -2.03. The Morgan fingerprint density at radius 2 is 2.36 bits per heavy atom. The van der Waals surface area contributed by atoms with E-state index in [1.165, 1.54) is 0 Å². The van der Waals surface area contributed by atoms with Crippen molar-refractivity contribution in [2.75, 3.05) is 0 Å². The molecule has 1 heterocycles. The Balaban J connectivity index is 2.09. The fourth-order valence-electron chi connectivity index (χ4n) is 1.39. The Labute approximate surface area is 81.0 Å². The van der Waals surface area contributed by atoms with E-state index in [1.807, 2.05) is 12.1 Å². The molecule has 0 unspecified atom stereocenters. The van der Waals surface area contributed by atoms with Crippen LogP contribution in [-0.4, -0.2) is 5.97 Å². The first-order chi connectivity index (χ1) is 6.75. The lowest BCUT2D eigenvalue weighted by atomic mass is 10.1. The number of aliphatic carboxylic acids is 1.